The van der Waals surface area contributed by atoms with E-state index in [2.05, 4.69) is 25.3 Å². The molecule has 2 nitrogen and oxygen atoms in total. The summed E-state index contributed by atoms with van der Waals surface area (Å²) in [6, 6.07) is -0.472. The Kier molecular flexibility index (Phi) is 7.90. The molecule has 3 N–H and O–H groups in total. The SMILES string of the molecule is [CH2-][C@H]([NH3+])C(=O)[S-].[Y]. The fraction of sp³-hybridized carbons (Fsp3) is 0.333. The van der Waals surface area contributed by atoms with Gasteiger partial charge in [-0.25, -0.2) is 0 Å². The molecule has 0 aromatic rings. The van der Waals surface area contributed by atoms with Gasteiger partial charge < -0.3 is 23.2 Å². The second kappa shape index (κ2) is 5.10. The van der Waals surface area contributed by atoms with Gasteiger partial charge in [-0.3, -0.25) is 6.92 Å². The summed E-state index contributed by atoms with van der Waals surface area (Å²) < 4.78 is 0. The molecular weight excluding hydrogens is 187 g/mol. The minimum atomic E-state index is -0.472. The molecule has 7 heavy (non-hydrogen) atoms. The Balaban J connectivity index is 0. The van der Waals surface area contributed by atoms with Crippen molar-refractivity contribution in [2.24, 2.45) is 0 Å². The maximum Gasteiger partial charge on any atom is 0.0372 e. The van der Waals surface area contributed by atoms with E-state index in [1.54, 1.807) is 0 Å². The van der Waals surface area contributed by atoms with E-state index in [1.165, 1.54) is 0 Å². The van der Waals surface area contributed by atoms with E-state index < -0.39 is 6.04 Å². The second-order valence-corrected chi connectivity index (χ2v) is 1.42. The molecule has 0 amide bonds. The normalized spacial score (nSPS) is 11.7. The molecule has 0 aromatic carbocycles. The first-order valence-corrected chi connectivity index (χ1v) is 1.92. The number of hydrogen-bond acceptors (Lipinski definition) is 2. The Morgan fingerprint density at radius 2 is 2.00 bits per heavy atom. The third-order valence-corrected chi connectivity index (χ3v) is 0.667. The van der Waals surface area contributed by atoms with Gasteiger partial charge in [0.1, 0.15) is 0 Å². The van der Waals surface area contributed by atoms with Crippen LogP contribution in [-0.4, -0.2) is 11.2 Å². The van der Waals surface area contributed by atoms with Crippen molar-refractivity contribution in [1.82, 2.24) is 0 Å². The zero-order valence-electron chi connectivity index (χ0n) is 3.89. The first kappa shape index (κ1) is 10.9. The van der Waals surface area contributed by atoms with Gasteiger partial charge in [0.05, 0.1) is 0 Å². The average molecular weight is 193 g/mol. The summed E-state index contributed by atoms with van der Waals surface area (Å²) in [7, 11) is 0. The van der Waals surface area contributed by atoms with E-state index >= 15 is 0 Å². The van der Waals surface area contributed by atoms with E-state index in [0.717, 1.165) is 0 Å². The fourth-order valence-corrected chi connectivity index (χ4v) is 0. The summed E-state index contributed by atoms with van der Waals surface area (Å²) in [6.07, 6.45) is 0. The van der Waals surface area contributed by atoms with E-state index in [4.69, 9.17) is 0 Å². The Morgan fingerprint density at radius 1 is 1.86 bits per heavy atom. The van der Waals surface area contributed by atoms with E-state index in [0.29, 0.717) is 0 Å². The number of rotatable bonds is 1. The summed E-state index contributed by atoms with van der Waals surface area (Å²) >= 11 is 4.14. The molecule has 1 radical (unpaired) electrons. The predicted octanol–water partition coefficient (Wildman–Crippen LogP) is -1.50. The molecule has 1 atom stereocenters. The molecule has 0 bridgehead atoms. The first-order chi connectivity index (χ1) is 2.64. The largest absolute Gasteiger partial charge is 0.739 e. The minimum Gasteiger partial charge on any atom is -0.739 e. The molecule has 0 unspecified atom stereocenters. The zero-order valence-corrected chi connectivity index (χ0v) is 7.54. The van der Waals surface area contributed by atoms with Crippen LogP contribution >= 0.6 is 0 Å². The Morgan fingerprint density at radius 3 is 2.00 bits per heavy atom. The van der Waals surface area contributed by atoms with Gasteiger partial charge in [0.25, 0.3) is 0 Å². The quantitative estimate of drug-likeness (QED) is 0.407. The molecule has 39 valence electrons. The molecule has 0 rings (SSSR count). The summed E-state index contributed by atoms with van der Waals surface area (Å²) in [5, 5.41) is -0.380. The van der Waals surface area contributed by atoms with Crippen LogP contribution in [0.25, 0.3) is 0 Å². The number of hydrogen-bond donors (Lipinski definition) is 1. The topological polar surface area (TPSA) is 44.7 Å². The maximum absolute atomic E-state index is 9.83. The molecule has 0 heterocycles. The van der Waals surface area contributed by atoms with Crippen molar-refractivity contribution < 1.29 is 43.2 Å². The van der Waals surface area contributed by atoms with E-state index in [9.17, 15) is 4.79 Å². The number of carbonyl (C=O) groups is 1. The van der Waals surface area contributed by atoms with E-state index in [1.807, 2.05) is 0 Å². The zero-order chi connectivity index (χ0) is 5.15. The van der Waals surface area contributed by atoms with Crippen LogP contribution in [0.2, 0.25) is 0 Å². The first-order valence-electron chi connectivity index (χ1n) is 1.51. The van der Waals surface area contributed by atoms with E-state index in [-0.39, 0.29) is 37.8 Å². The Bertz CT molecular complexity index is 66.0. The van der Waals surface area contributed by atoms with Crippen molar-refractivity contribution in [3.63, 3.8) is 0 Å². The standard InChI is InChI=1S/C3H6NOS.Y/c1-2(4)3(5)6;/h2H,1,4H2,(H,5,6);/q-1;/t2-;/m0./s1. The van der Waals surface area contributed by atoms with Gasteiger partial charge in [0.15, 0.2) is 0 Å². The van der Waals surface area contributed by atoms with Gasteiger partial charge in [-0.15, -0.1) is 0 Å². The van der Waals surface area contributed by atoms with Crippen molar-refractivity contribution in [3.05, 3.63) is 6.92 Å². The third-order valence-electron chi connectivity index (χ3n) is 0.333. The van der Waals surface area contributed by atoms with Gasteiger partial charge in [0, 0.05) is 37.8 Å². The summed E-state index contributed by atoms with van der Waals surface area (Å²) in [4.78, 5) is 9.83. The monoisotopic (exact) mass is 193 g/mol. The summed E-state index contributed by atoms with van der Waals surface area (Å²) in [5.74, 6) is 0. The van der Waals surface area contributed by atoms with Crippen LogP contribution in [0.15, 0.2) is 0 Å². The number of quaternary nitrogens is 1. The Hall–Kier alpha value is 0.954. The van der Waals surface area contributed by atoms with Crippen molar-refractivity contribution in [1.29, 1.82) is 0 Å². The Labute approximate surface area is 73.5 Å². The van der Waals surface area contributed by atoms with Crippen LogP contribution in [0.5, 0.6) is 0 Å². The van der Waals surface area contributed by atoms with Gasteiger partial charge >= 0.3 is 0 Å². The minimum absolute atomic E-state index is 0. The molecule has 0 saturated carbocycles. The smallest absolute Gasteiger partial charge is 0.0372 e. The van der Waals surface area contributed by atoms with Gasteiger partial charge in [0.2, 0.25) is 0 Å². The average Bonchev–Trinajstić information content (AvgIpc) is 1.36. The van der Waals surface area contributed by atoms with Gasteiger partial charge in [-0.2, -0.15) is 0 Å². The molecule has 0 fully saturated rings. The second-order valence-electron chi connectivity index (χ2n) is 1.02. The van der Waals surface area contributed by atoms with Crippen molar-refractivity contribution in [2.75, 3.05) is 0 Å². The van der Waals surface area contributed by atoms with Crippen LogP contribution in [0.4, 0.5) is 0 Å². The van der Waals surface area contributed by atoms with Gasteiger partial charge in [-0.1, -0.05) is 0 Å². The molecule has 0 aromatic heterocycles. The molecule has 0 saturated heterocycles. The third kappa shape index (κ3) is 6.95. The van der Waals surface area contributed by atoms with Crippen LogP contribution in [0.3, 0.4) is 0 Å². The summed E-state index contributed by atoms with van der Waals surface area (Å²) in [6.45, 7) is 3.27. The van der Waals surface area contributed by atoms with Crippen LogP contribution < -0.4 is 5.73 Å². The fourth-order valence-electron chi connectivity index (χ4n) is 0. The predicted molar refractivity (Wildman–Crippen MR) is 24.4 cm³/mol. The molecule has 0 aliphatic heterocycles. The van der Waals surface area contributed by atoms with Crippen molar-refractivity contribution >= 4 is 17.7 Å². The van der Waals surface area contributed by atoms with Gasteiger partial charge in [-0.05, 0) is 6.04 Å². The van der Waals surface area contributed by atoms with Crippen molar-refractivity contribution in [3.8, 4) is 0 Å². The number of carbonyl (C=O) groups excluding carboxylic acids is 1. The molecule has 0 aliphatic carbocycles. The molecular formula is C3H6NOSY-. The van der Waals surface area contributed by atoms with Crippen LogP contribution in [0, 0.1) is 6.92 Å². The molecule has 0 spiro atoms. The maximum atomic E-state index is 9.83. The molecule has 0 aliphatic rings. The van der Waals surface area contributed by atoms with Crippen LogP contribution in [-0.2, 0) is 50.1 Å². The van der Waals surface area contributed by atoms with Crippen LogP contribution in [0.1, 0.15) is 0 Å². The van der Waals surface area contributed by atoms with Crippen molar-refractivity contribution in [2.45, 2.75) is 6.04 Å². The summed E-state index contributed by atoms with van der Waals surface area (Å²) in [5.41, 5.74) is 3.27. The molecule has 4 heteroatoms.